The molecule has 0 aromatic carbocycles. The molecule has 1 aliphatic rings. The number of guanidine groups is 1. The number of ether oxygens (including phenoxy) is 1. The minimum absolute atomic E-state index is 0.0949. The lowest BCUT2D eigenvalue weighted by Gasteiger charge is -2.31. The van der Waals surface area contributed by atoms with Crippen molar-refractivity contribution < 1.29 is 26.3 Å². The van der Waals surface area contributed by atoms with Gasteiger partial charge in [0.05, 0.1) is 6.10 Å². The van der Waals surface area contributed by atoms with Crippen LogP contribution in [0.25, 0.3) is 0 Å². The molecule has 1 aliphatic heterocycles. The summed E-state index contributed by atoms with van der Waals surface area (Å²) in [4.78, 5) is 4.09. The highest BCUT2D eigenvalue weighted by atomic mass is 32.2. The molecule has 0 aromatic heterocycles. The first-order valence-corrected chi connectivity index (χ1v) is 10.1. The first-order chi connectivity index (χ1) is 12.1. The Morgan fingerprint density at radius 2 is 1.88 bits per heavy atom. The Balaban J connectivity index is 2.30. The van der Waals surface area contributed by atoms with Crippen LogP contribution < -0.4 is 10.6 Å². The molecule has 0 spiro atoms. The summed E-state index contributed by atoms with van der Waals surface area (Å²) in [6.45, 7) is 5.57. The topological polar surface area (TPSA) is 83.0 Å². The molecule has 1 rings (SSSR count). The lowest BCUT2D eigenvalue weighted by atomic mass is 9.98. The van der Waals surface area contributed by atoms with Gasteiger partial charge in [0.15, 0.2) is 5.96 Å². The van der Waals surface area contributed by atoms with Crippen molar-refractivity contribution in [2.24, 2.45) is 10.9 Å². The molecule has 0 bridgehead atoms. The highest BCUT2D eigenvalue weighted by molar-refractivity contribution is 7.90. The number of halogens is 3. The van der Waals surface area contributed by atoms with Crippen LogP contribution in [-0.4, -0.2) is 70.1 Å². The third kappa shape index (κ3) is 7.28. The van der Waals surface area contributed by atoms with Gasteiger partial charge in [0.1, 0.15) is 0 Å². The Hall–Kier alpha value is -1.07. The maximum atomic E-state index is 12.6. The number of aliphatic imine (C=N–C) groups is 1. The van der Waals surface area contributed by atoms with Crippen molar-refractivity contribution in [3.05, 3.63) is 0 Å². The van der Waals surface area contributed by atoms with Crippen molar-refractivity contribution >= 4 is 16.0 Å². The van der Waals surface area contributed by atoms with E-state index in [1.165, 1.54) is 0 Å². The van der Waals surface area contributed by atoms with E-state index in [0.29, 0.717) is 42.8 Å². The molecule has 0 saturated carbocycles. The van der Waals surface area contributed by atoms with Crippen molar-refractivity contribution in [3.8, 4) is 0 Å². The van der Waals surface area contributed by atoms with E-state index in [1.807, 2.05) is 13.8 Å². The van der Waals surface area contributed by atoms with Gasteiger partial charge in [-0.1, -0.05) is 0 Å². The summed E-state index contributed by atoms with van der Waals surface area (Å²) in [6.07, 6.45) is 1.77. The largest absolute Gasteiger partial charge is 0.511 e. The van der Waals surface area contributed by atoms with Gasteiger partial charge in [-0.25, -0.2) is 8.42 Å². The number of alkyl halides is 3. The molecule has 7 nitrogen and oxygen atoms in total. The van der Waals surface area contributed by atoms with Crippen LogP contribution in [0.3, 0.4) is 0 Å². The molecule has 26 heavy (non-hydrogen) atoms. The number of piperidine rings is 1. The zero-order chi connectivity index (χ0) is 19.8. The second kappa shape index (κ2) is 10.3. The Labute approximate surface area is 153 Å². The average Bonchev–Trinajstić information content (AvgIpc) is 2.56. The van der Waals surface area contributed by atoms with E-state index in [-0.39, 0.29) is 25.1 Å². The minimum Gasteiger partial charge on any atom is -0.379 e. The van der Waals surface area contributed by atoms with Crippen LogP contribution >= 0.6 is 0 Å². The number of rotatable bonds is 8. The molecule has 1 fully saturated rings. The number of nitrogens with one attached hydrogen (secondary N) is 2. The highest BCUT2D eigenvalue weighted by Gasteiger charge is 2.50. The highest BCUT2D eigenvalue weighted by Crippen LogP contribution is 2.30. The molecule has 1 heterocycles. The van der Waals surface area contributed by atoms with Gasteiger partial charge < -0.3 is 15.4 Å². The Morgan fingerprint density at radius 1 is 1.27 bits per heavy atom. The van der Waals surface area contributed by atoms with Crippen LogP contribution in [0.15, 0.2) is 4.99 Å². The monoisotopic (exact) mass is 402 g/mol. The first-order valence-electron chi connectivity index (χ1n) is 8.70. The van der Waals surface area contributed by atoms with Gasteiger partial charge in [-0.15, -0.1) is 0 Å². The summed E-state index contributed by atoms with van der Waals surface area (Å²) >= 11 is 0. The van der Waals surface area contributed by atoms with E-state index in [1.54, 1.807) is 7.05 Å². The quantitative estimate of drug-likeness (QED) is 0.366. The molecule has 1 saturated heterocycles. The average molecular weight is 402 g/mol. The molecular formula is C15H29F3N4O3S. The van der Waals surface area contributed by atoms with Gasteiger partial charge in [-0.2, -0.15) is 17.5 Å². The van der Waals surface area contributed by atoms with Crippen LogP contribution in [0.1, 0.15) is 33.1 Å². The third-order valence-corrected chi connectivity index (χ3v) is 5.68. The zero-order valence-electron chi connectivity index (χ0n) is 15.5. The van der Waals surface area contributed by atoms with Crippen molar-refractivity contribution in [2.45, 2.75) is 44.7 Å². The molecule has 2 N–H and O–H groups in total. The predicted molar refractivity (Wildman–Crippen MR) is 94.3 cm³/mol. The summed E-state index contributed by atoms with van der Waals surface area (Å²) in [7, 11) is -3.58. The van der Waals surface area contributed by atoms with Crippen LogP contribution in [0, 0.1) is 5.92 Å². The second-order valence-corrected chi connectivity index (χ2v) is 8.38. The maximum Gasteiger partial charge on any atom is 0.511 e. The summed E-state index contributed by atoms with van der Waals surface area (Å²) in [5.74, 6) is 0.706. The molecule has 154 valence electrons. The third-order valence-electron chi connectivity index (χ3n) is 4.05. The van der Waals surface area contributed by atoms with E-state index in [9.17, 15) is 21.6 Å². The fraction of sp³-hybridized carbons (Fsp3) is 0.933. The van der Waals surface area contributed by atoms with Crippen molar-refractivity contribution in [1.29, 1.82) is 0 Å². The maximum absolute atomic E-state index is 12.6. The molecular weight excluding hydrogens is 373 g/mol. The van der Waals surface area contributed by atoms with E-state index >= 15 is 0 Å². The van der Waals surface area contributed by atoms with Crippen LogP contribution in [0.5, 0.6) is 0 Å². The Kier molecular flexibility index (Phi) is 9.11. The number of hydrogen-bond acceptors (Lipinski definition) is 4. The van der Waals surface area contributed by atoms with Gasteiger partial charge in [-0.05, 0) is 39.0 Å². The zero-order valence-corrected chi connectivity index (χ0v) is 16.3. The van der Waals surface area contributed by atoms with Crippen molar-refractivity contribution in [3.63, 3.8) is 0 Å². The SMILES string of the molecule is CN=C(NCCCOC(C)C)NCC1CCN(S(=O)(=O)C(F)(F)F)CC1. The predicted octanol–water partition coefficient (Wildman–Crippen LogP) is 1.53. The summed E-state index contributed by atoms with van der Waals surface area (Å²) in [6, 6.07) is 0. The van der Waals surface area contributed by atoms with Crippen molar-refractivity contribution in [1.82, 2.24) is 14.9 Å². The van der Waals surface area contributed by atoms with E-state index < -0.39 is 15.5 Å². The fourth-order valence-electron chi connectivity index (χ4n) is 2.56. The minimum atomic E-state index is -5.23. The molecule has 11 heteroatoms. The van der Waals surface area contributed by atoms with E-state index in [4.69, 9.17) is 4.74 Å². The lowest BCUT2D eigenvalue weighted by molar-refractivity contribution is -0.0496. The number of sulfonamides is 1. The smallest absolute Gasteiger partial charge is 0.379 e. The van der Waals surface area contributed by atoms with Gasteiger partial charge in [-0.3, -0.25) is 4.99 Å². The van der Waals surface area contributed by atoms with Gasteiger partial charge >= 0.3 is 15.5 Å². The number of nitrogens with zero attached hydrogens (tertiary/aromatic N) is 2. The summed E-state index contributed by atoms with van der Waals surface area (Å²) in [5.41, 5.74) is -5.23. The van der Waals surface area contributed by atoms with Crippen molar-refractivity contribution in [2.75, 3.05) is 39.8 Å². The molecule has 0 amide bonds. The van der Waals surface area contributed by atoms with E-state index in [2.05, 4.69) is 15.6 Å². The summed E-state index contributed by atoms with van der Waals surface area (Å²) in [5, 5.41) is 6.27. The van der Waals surface area contributed by atoms with Crippen LogP contribution in [-0.2, 0) is 14.8 Å². The lowest BCUT2D eigenvalue weighted by Crippen LogP contribution is -2.47. The van der Waals surface area contributed by atoms with E-state index in [0.717, 1.165) is 6.42 Å². The standard InChI is InChI=1S/C15H29F3N4O3S/c1-12(2)25-10-4-7-20-14(19-3)21-11-13-5-8-22(9-6-13)26(23,24)15(16,17)18/h12-13H,4-11H2,1-3H3,(H2,19,20,21). The van der Waals surface area contributed by atoms with Gasteiger partial charge in [0.25, 0.3) is 0 Å². The molecule has 0 aromatic rings. The normalized spacial score (nSPS) is 18.3. The van der Waals surface area contributed by atoms with Gasteiger partial charge in [0.2, 0.25) is 0 Å². The van der Waals surface area contributed by atoms with Crippen LogP contribution in [0.2, 0.25) is 0 Å². The Morgan fingerprint density at radius 3 is 2.38 bits per heavy atom. The van der Waals surface area contributed by atoms with Crippen LogP contribution in [0.4, 0.5) is 13.2 Å². The molecule has 0 aliphatic carbocycles. The van der Waals surface area contributed by atoms with Gasteiger partial charge in [0, 0.05) is 39.8 Å². The molecule has 0 unspecified atom stereocenters. The fourth-order valence-corrected chi connectivity index (χ4v) is 3.54. The molecule has 0 atom stereocenters. The Bertz CT molecular complexity index is 545. The number of hydrogen-bond donors (Lipinski definition) is 2. The first kappa shape index (κ1) is 23.0. The second-order valence-electron chi connectivity index (χ2n) is 6.45. The molecule has 0 radical (unpaired) electrons. The summed E-state index contributed by atoms with van der Waals surface area (Å²) < 4.78 is 66.4.